The topological polar surface area (TPSA) is 27.8 Å². The van der Waals surface area contributed by atoms with Crippen LogP contribution in [0.2, 0.25) is 0 Å². The first-order valence-corrected chi connectivity index (χ1v) is 5.32. The largest absolute Gasteiger partial charge is 0.388 e. The Morgan fingerprint density at radius 1 is 1.13 bits per heavy atom. The molecular formula is C13H18N2. The number of aromatic amines is 1. The lowest BCUT2D eigenvalue weighted by Crippen LogP contribution is -2.10. The zero-order chi connectivity index (χ0) is 11.1. The van der Waals surface area contributed by atoms with E-state index in [4.69, 9.17) is 0 Å². The minimum absolute atomic E-state index is 0.179. The third-order valence-corrected chi connectivity index (χ3v) is 2.72. The normalized spacial score (nSPS) is 12.0. The highest BCUT2D eigenvalue weighted by Crippen LogP contribution is 2.27. The lowest BCUT2D eigenvalue weighted by Gasteiger charge is -2.15. The van der Waals surface area contributed by atoms with Crippen molar-refractivity contribution in [3.63, 3.8) is 0 Å². The van der Waals surface area contributed by atoms with Gasteiger partial charge in [-0.15, -0.1) is 0 Å². The maximum absolute atomic E-state index is 3.47. The summed E-state index contributed by atoms with van der Waals surface area (Å²) < 4.78 is 0. The average Bonchev–Trinajstić information content (AvgIpc) is 2.59. The van der Waals surface area contributed by atoms with E-state index in [-0.39, 0.29) is 5.41 Å². The molecule has 80 valence electrons. The van der Waals surface area contributed by atoms with Crippen molar-refractivity contribution in [3.8, 4) is 0 Å². The maximum Gasteiger partial charge on any atom is 0.0476 e. The van der Waals surface area contributed by atoms with Gasteiger partial charge in [0.05, 0.1) is 0 Å². The molecule has 0 spiro atoms. The molecule has 1 aromatic carbocycles. The van der Waals surface area contributed by atoms with Crippen molar-refractivity contribution in [2.45, 2.75) is 26.2 Å². The number of nitrogens with one attached hydrogen (secondary N) is 2. The van der Waals surface area contributed by atoms with Crippen LogP contribution in [0.1, 0.15) is 26.5 Å². The van der Waals surface area contributed by atoms with Crippen LogP contribution < -0.4 is 5.32 Å². The number of hydrogen-bond acceptors (Lipinski definition) is 1. The fourth-order valence-corrected chi connectivity index (χ4v) is 1.69. The van der Waals surface area contributed by atoms with Crippen molar-refractivity contribution < 1.29 is 0 Å². The van der Waals surface area contributed by atoms with Crippen LogP contribution >= 0.6 is 0 Å². The molecular weight excluding hydrogens is 184 g/mol. The molecule has 2 nitrogen and oxygen atoms in total. The van der Waals surface area contributed by atoms with Gasteiger partial charge in [-0.2, -0.15) is 0 Å². The molecule has 0 bridgehead atoms. The lowest BCUT2D eigenvalue weighted by atomic mass is 9.92. The number of anilines is 1. The number of aromatic nitrogens is 1. The van der Waals surface area contributed by atoms with E-state index in [9.17, 15) is 0 Å². The van der Waals surface area contributed by atoms with Crippen LogP contribution in [-0.4, -0.2) is 12.0 Å². The Labute approximate surface area is 90.7 Å². The predicted molar refractivity (Wildman–Crippen MR) is 66.5 cm³/mol. The molecule has 0 unspecified atom stereocenters. The number of H-pyrrole nitrogens is 1. The molecule has 0 saturated heterocycles. The third-order valence-electron chi connectivity index (χ3n) is 2.72. The molecule has 2 aromatic rings. The summed E-state index contributed by atoms with van der Waals surface area (Å²) in [6, 6.07) is 8.62. The Bertz CT molecular complexity index is 475. The summed E-state index contributed by atoms with van der Waals surface area (Å²) in [4.78, 5) is 3.47. The Balaban J connectivity index is 2.56. The molecule has 0 saturated carbocycles. The van der Waals surface area contributed by atoms with Gasteiger partial charge in [-0.1, -0.05) is 26.8 Å². The number of fused-ring (bicyclic) bond motifs is 1. The molecule has 2 heteroatoms. The molecule has 0 atom stereocenters. The molecule has 0 radical (unpaired) electrons. The van der Waals surface area contributed by atoms with Gasteiger partial charge in [0.25, 0.3) is 0 Å². The van der Waals surface area contributed by atoms with E-state index in [1.165, 1.54) is 16.6 Å². The highest BCUT2D eigenvalue weighted by Gasteiger charge is 2.15. The van der Waals surface area contributed by atoms with E-state index >= 15 is 0 Å². The van der Waals surface area contributed by atoms with Gasteiger partial charge < -0.3 is 10.3 Å². The van der Waals surface area contributed by atoms with E-state index in [2.05, 4.69) is 55.3 Å². The number of benzene rings is 1. The second-order valence-corrected chi connectivity index (χ2v) is 4.99. The summed E-state index contributed by atoms with van der Waals surface area (Å²) in [7, 11) is 1.94. The minimum Gasteiger partial charge on any atom is -0.388 e. The maximum atomic E-state index is 3.47. The zero-order valence-corrected chi connectivity index (χ0v) is 9.81. The molecule has 0 aliphatic carbocycles. The monoisotopic (exact) mass is 202 g/mol. The van der Waals surface area contributed by atoms with E-state index in [1.807, 2.05) is 7.05 Å². The van der Waals surface area contributed by atoms with E-state index in [1.54, 1.807) is 0 Å². The molecule has 0 aliphatic rings. The summed E-state index contributed by atoms with van der Waals surface area (Å²) in [5.41, 5.74) is 3.81. The fourth-order valence-electron chi connectivity index (χ4n) is 1.69. The van der Waals surface area contributed by atoms with Gasteiger partial charge in [-0.3, -0.25) is 0 Å². The van der Waals surface area contributed by atoms with Crippen molar-refractivity contribution in [3.05, 3.63) is 30.0 Å². The van der Waals surface area contributed by atoms with Crippen molar-refractivity contribution in [2.75, 3.05) is 12.4 Å². The van der Waals surface area contributed by atoms with Gasteiger partial charge in [0.15, 0.2) is 0 Å². The molecule has 1 heterocycles. The Kier molecular flexibility index (Phi) is 2.22. The molecule has 0 fully saturated rings. The molecule has 2 N–H and O–H groups in total. The van der Waals surface area contributed by atoms with Crippen LogP contribution in [0.3, 0.4) is 0 Å². The third kappa shape index (κ3) is 1.84. The SMILES string of the molecule is CNc1ccc2cc(C(C)(C)C)[nH]c2c1. The van der Waals surface area contributed by atoms with Crippen LogP contribution in [0, 0.1) is 0 Å². The number of rotatable bonds is 1. The van der Waals surface area contributed by atoms with Crippen LogP contribution in [-0.2, 0) is 5.41 Å². The standard InChI is InChI=1S/C13H18N2/c1-13(2,3)12-7-9-5-6-10(14-4)8-11(9)15-12/h5-8,14-15H,1-4H3. The van der Waals surface area contributed by atoms with E-state index in [0.717, 1.165) is 5.69 Å². The summed E-state index contributed by atoms with van der Waals surface area (Å²) >= 11 is 0. The smallest absolute Gasteiger partial charge is 0.0476 e. The van der Waals surface area contributed by atoms with E-state index < -0.39 is 0 Å². The highest BCUT2D eigenvalue weighted by atomic mass is 14.8. The van der Waals surface area contributed by atoms with Crippen molar-refractivity contribution in [1.29, 1.82) is 0 Å². The lowest BCUT2D eigenvalue weighted by molar-refractivity contribution is 0.574. The first-order valence-electron chi connectivity index (χ1n) is 5.32. The zero-order valence-electron chi connectivity index (χ0n) is 9.81. The fraction of sp³-hybridized carbons (Fsp3) is 0.385. The first-order chi connectivity index (χ1) is 7.00. The molecule has 0 amide bonds. The van der Waals surface area contributed by atoms with Gasteiger partial charge in [-0.25, -0.2) is 0 Å². The number of hydrogen-bond donors (Lipinski definition) is 2. The van der Waals surface area contributed by atoms with Crippen LogP contribution in [0.15, 0.2) is 24.3 Å². The average molecular weight is 202 g/mol. The summed E-state index contributed by atoms with van der Waals surface area (Å²) in [5.74, 6) is 0. The molecule has 1 aromatic heterocycles. The van der Waals surface area contributed by atoms with E-state index in [0.29, 0.717) is 0 Å². The quantitative estimate of drug-likeness (QED) is 0.727. The summed E-state index contributed by atoms with van der Waals surface area (Å²) in [5, 5.41) is 4.42. The second-order valence-electron chi connectivity index (χ2n) is 4.99. The minimum atomic E-state index is 0.179. The van der Waals surface area contributed by atoms with Gasteiger partial charge in [0.2, 0.25) is 0 Å². The predicted octanol–water partition coefficient (Wildman–Crippen LogP) is 3.51. The summed E-state index contributed by atoms with van der Waals surface area (Å²) in [6.45, 7) is 6.66. The van der Waals surface area contributed by atoms with Crippen LogP contribution in [0.5, 0.6) is 0 Å². The van der Waals surface area contributed by atoms with Gasteiger partial charge >= 0.3 is 0 Å². The Hall–Kier alpha value is -1.44. The highest BCUT2D eigenvalue weighted by molar-refractivity contribution is 5.84. The second kappa shape index (κ2) is 3.30. The van der Waals surface area contributed by atoms with Gasteiger partial charge in [0, 0.05) is 29.4 Å². The first kappa shape index (κ1) is 10.1. The molecule has 15 heavy (non-hydrogen) atoms. The van der Waals surface area contributed by atoms with Crippen LogP contribution in [0.25, 0.3) is 10.9 Å². The van der Waals surface area contributed by atoms with Crippen molar-refractivity contribution in [2.24, 2.45) is 0 Å². The molecule has 0 aliphatic heterocycles. The Morgan fingerprint density at radius 2 is 1.87 bits per heavy atom. The van der Waals surface area contributed by atoms with Crippen molar-refractivity contribution in [1.82, 2.24) is 4.98 Å². The molecule has 2 rings (SSSR count). The van der Waals surface area contributed by atoms with Crippen LogP contribution in [0.4, 0.5) is 5.69 Å². The van der Waals surface area contributed by atoms with Gasteiger partial charge in [-0.05, 0) is 23.6 Å². The Morgan fingerprint density at radius 3 is 2.47 bits per heavy atom. The summed E-state index contributed by atoms with van der Waals surface area (Å²) in [6.07, 6.45) is 0. The van der Waals surface area contributed by atoms with Gasteiger partial charge in [0.1, 0.15) is 0 Å². The van der Waals surface area contributed by atoms with Crippen molar-refractivity contribution >= 4 is 16.6 Å².